The number of methoxy groups -OCH3 is 1. The van der Waals surface area contributed by atoms with E-state index in [1.165, 1.54) is 19.5 Å². The van der Waals surface area contributed by atoms with Gasteiger partial charge in [0.2, 0.25) is 5.75 Å². The predicted octanol–water partition coefficient (Wildman–Crippen LogP) is 3.46. The summed E-state index contributed by atoms with van der Waals surface area (Å²) >= 11 is 5.88. The Morgan fingerprint density at radius 2 is 1.95 bits per heavy atom. The van der Waals surface area contributed by atoms with Gasteiger partial charge < -0.3 is 9.47 Å². The van der Waals surface area contributed by atoms with E-state index in [2.05, 4.69) is 9.97 Å². The smallest absolute Gasteiger partial charge is 0.276 e. The van der Waals surface area contributed by atoms with Gasteiger partial charge in [-0.25, -0.2) is 4.98 Å². The molecule has 0 unspecified atom stereocenters. The molecule has 0 fully saturated rings. The van der Waals surface area contributed by atoms with E-state index in [4.69, 9.17) is 21.1 Å². The van der Waals surface area contributed by atoms with Crippen molar-refractivity contribution >= 4 is 17.3 Å². The van der Waals surface area contributed by atoms with Crippen molar-refractivity contribution in [3.05, 3.63) is 44.9 Å². The lowest BCUT2D eigenvalue weighted by molar-refractivity contribution is -0.385. The number of nitrogens with zero attached hydrogens (tertiary/aromatic N) is 3. The second-order valence-corrected chi connectivity index (χ2v) is 4.62. The fraction of sp³-hybridized carbons (Fsp3) is 0.231. The van der Waals surface area contributed by atoms with Gasteiger partial charge >= 0.3 is 0 Å². The van der Waals surface area contributed by atoms with Gasteiger partial charge in [-0.05, 0) is 25.5 Å². The number of rotatable bonds is 4. The molecule has 0 N–H and O–H groups in total. The van der Waals surface area contributed by atoms with E-state index < -0.39 is 4.92 Å². The third-order valence-electron chi connectivity index (χ3n) is 2.83. The number of hydrogen-bond acceptors (Lipinski definition) is 6. The van der Waals surface area contributed by atoms with Gasteiger partial charge in [-0.2, -0.15) is 4.98 Å². The van der Waals surface area contributed by atoms with Crippen LogP contribution in [0.1, 0.15) is 11.1 Å². The van der Waals surface area contributed by atoms with Gasteiger partial charge in [0.25, 0.3) is 11.6 Å². The zero-order valence-electron chi connectivity index (χ0n) is 11.6. The van der Waals surface area contributed by atoms with Crippen LogP contribution in [-0.4, -0.2) is 22.0 Å². The maximum Gasteiger partial charge on any atom is 0.276 e. The third kappa shape index (κ3) is 3.03. The Balaban J connectivity index is 2.47. The largest absolute Gasteiger partial charge is 0.489 e. The summed E-state index contributed by atoms with van der Waals surface area (Å²) in [6.45, 7) is 3.44. The average Bonchev–Trinajstić information content (AvgIpc) is 2.41. The standard InChI is InChI=1S/C13H12ClN3O4/c1-7-4-8(2)10(5-9(7)17(18)19)21-13-11(20-3)12(14)15-6-16-13/h4-6H,1-3H3. The molecule has 0 amide bonds. The number of halogens is 1. The summed E-state index contributed by atoms with van der Waals surface area (Å²) in [7, 11) is 1.40. The summed E-state index contributed by atoms with van der Waals surface area (Å²) in [5, 5.41) is 11.1. The molecule has 0 radical (unpaired) electrons. The van der Waals surface area contributed by atoms with Crippen molar-refractivity contribution in [2.24, 2.45) is 0 Å². The number of nitro benzene ring substituents is 1. The number of hydrogen-bond donors (Lipinski definition) is 0. The highest BCUT2D eigenvalue weighted by Gasteiger charge is 2.18. The van der Waals surface area contributed by atoms with Crippen LogP contribution >= 0.6 is 11.6 Å². The van der Waals surface area contributed by atoms with E-state index in [1.807, 2.05) is 0 Å². The SMILES string of the molecule is COc1c(Cl)ncnc1Oc1cc([N+](=O)[O-])c(C)cc1C. The van der Waals surface area contributed by atoms with Crippen LogP contribution in [0.4, 0.5) is 5.69 Å². The van der Waals surface area contributed by atoms with Crippen LogP contribution in [-0.2, 0) is 0 Å². The first-order chi connectivity index (χ1) is 9.93. The first kappa shape index (κ1) is 15.0. The van der Waals surface area contributed by atoms with Crippen LogP contribution in [0.5, 0.6) is 17.4 Å². The van der Waals surface area contributed by atoms with Gasteiger partial charge in [-0.3, -0.25) is 10.1 Å². The van der Waals surface area contributed by atoms with Crippen LogP contribution < -0.4 is 9.47 Å². The lowest BCUT2D eigenvalue weighted by Crippen LogP contribution is -1.99. The monoisotopic (exact) mass is 309 g/mol. The van der Waals surface area contributed by atoms with Gasteiger partial charge in [0, 0.05) is 5.56 Å². The molecule has 2 aromatic rings. The van der Waals surface area contributed by atoms with E-state index in [1.54, 1.807) is 19.9 Å². The summed E-state index contributed by atoms with van der Waals surface area (Å²) < 4.78 is 10.7. The van der Waals surface area contributed by atoms with Gasteiger partial charge in [-0.1, -0.05) is 11.6 Å². The summed E-state index contributed by atoms with van der Waals surface area (Å²) in [5.41, 5.74) is 1.25. The summed E-state index contributed by atoms with van der Waals surface area (Å²) in [6, 6.07) is 3.02. The van der Waals surface area contributed by atoms with Crippen molar-refractivity contribution < 1.29 is 14.4 Å². The van der Waals surface area contributed by atoms with Crippen molar-refractivity contribution in [3.63, 3.8) is 0 Å². The lowest BCUT2D eigenvalue weighted by Gasteiger charge is -2.11. The topological polar surface area (TPSA) is 87.4 Å². The molecule has 21 heavy (non-hydrogen) atoms. The molecule has 0 bridgehead atoms. The quantitative estimate of drug-likeness (QED) is 0.488. The number of nitro groups is 1. The fourth-order valence-electron chi connectivity index (χ4n) is 1.81. The van der Waals surface area contributed by atoms with E-state index in [0.717, 1.165) is 5.56 Å². The first-order valence-electron chi connectivity index (χ1n) is 5.92. The summed E-state index contributed by atoms with van der Waals surface area (Å²) in [5.74, 6) is 0.570. The van der Waals surface area contributed by atoms with E-state index >= 15 is 0 Å². The average molecular weight is 310 g/mol. The summed E-state index contributed by atoms with van der Waals surface area (Å²) in [4.78, 5) is 18.2. The number of ether oxygens (including phenoxy) is 2. The molecular formula is C13H12ClN3O4. The Bertz CT molecular complexity index is 706. The van der Waals surface area contributed by atoms with Crippen LogP contribution in [0.2, 0.25) is 5.15 Å². The Kier molecular flexibility index (Phi) is 4.23. The van der Waals surface area contributed by atoms with Crippen molar-refractivity contribution in [1.29, 1.82) is 0 Å². The van der Waals surface area contributed by atoms with Crippen molar-refractivity contribution in [3.8, 4) is 17.4 Å². The zero-order valence-corrected chi connectivity index (χ0v) is 12.3. The molecule has 1 heterocycles. The van der Waals surface area contributed by atoms with Gasteiger partial charge in [-0.15, -0.1) is 0 Å². The minimum absolute atomic E-state index is 0.0327. The van der Waals surface area contributed by atoms with E-state index in [-0.39, 0.29) is 22.5 Å². The molecule has 0 spiro atoms. The molecule has 110 valence electrons. The lowest BCUT2D eigenvalue weighted by atomic mass is 10.1. The molecule has 0 atom stereocenters. The molecule has 0 aliphatic rings. The molecule has 2 rings (SSSR count). The van der Waals surface area contributed by atoms with Crippen molar-refractivity contribution in [2.75, 3.05) is 7.11 Å². The van der Waals surface area contributed by atoms with Crippen LogP contribution in [0.3, 0.4) is 0 Å². The molecule has 1 aromatic heterocycles. The molecule has 7 nitrogen and oxygen atoms in total. The molecule has 1 aromatic carbocycles. The highest BCUT2D eigenvalue weighted by Crippen LogP contribution is 2.36. The van der Waals surface area contributed by atoms with Crippen molar-refractivity contribution in [2.45, 2.75) is 13.8 Å². The number of benzene rings is 1. The number of aryl methyl sites for hydroxylation is 2. The highest BCUT2D eigenvalue weighted by atomic mass is 35.5. The maximum absolute atomic E-state index is 11.0. The summed E-state index contributed by atoms with van der Waals surface area (Å²) in [6.07, 6.45) is 1.22. The van der Waals surface area contributed by atoms with Crippen LogP contribution in [0.25, 0.3) is 0 Å². The molecular weight excluding hydrogens is 298 g/mol. The second-order valence-electron chi connectivity index (χ2n) is 4.27. The van der Waals surface area contributed by atoms with Crippen LogP contribution in [0, 0.1) is 24.0 Å². The molecule has 0 aliphatic heterocycles. The first-order valence-corrected chi connectivity index (χ1v) is 6.29. The Labute approximate surface area is 125 Å². The molecule has 0 saturated carbocycles. The van der Waals surface area contributed by atoms with Gasteiger partial charge in [0.15, 0.2) is 5.15 Å². The molecule has 0 saturated heterocycles. The Morgan fingerprint density at radius 3 is 2.57 bits per heavy atom. The van der Waals surface area contributed by atoms with E-state index in [9.17, 15) is 10.1 Å². The third-order valence-corrected chi connectivity index (χ3v) is 3.10. The maximum atomic E-state index is 11.0. The second kappa shape index (κ2) is 5.92. The fourth-order valence-corrected chi connectivity index (χ4v) is 2.02. The van der Waals surface area contributed by atoms with Crippen LogP contribution in [0.15, 0.2) is 18.5 Å². The van der Waals surface area contributed by atoms with Crippen molar-refractivity contribution in [1.82, 2.24) is 9.97 Å². The normalized spacial score (nSPS) is 10.3. The molecule has 8 heteroatoms. The van der Waals surface area contributed by atoms with E-state index in [0.29, 0.717) is 11.3 Å². The minimum atomic E-state index is -0.466. The Hall–Kier alpha value is -2.41. The minimum Gasteiger partial charge on any atom is -0.489 e. The predicted molar refractivity (Wildman–Crippen MR) is 76.2 cm³/mol. The zero-order chi connectivity index (χ0) is 15.6. The van der Waals surface area contributed by atoms with Gasteiger partial charge in [0.1, 0.15) is 12.1 Å². The molecule has 0 aliphatic carbocycles. The highest BCUT2D eigenvalue weighted by molar-refractivity contribution is 6.31. The number of aromatic nitrogens is 2. The van der Waals surface area contributed by atoms with Gasteiger partial charge in [0.05, 0.1) is 18.1 Å². The Morgan fingerprint density at radius 1 is 1.24 bits per heavy atom.